The molecule has 0 radical (unpaired) electrons. The molecule has 0 spiro atoms. The van der Waals surface area contributed by atoms with Crippen molar-refractivity contribution in [2.75, 3.05) is 19.6 Å². The number of nitro benzene ring substituents is 1. The van der Waals surface area contributed by atoms with Gasteiger partial charge in [-0.05, 0) is 12.5 Å². The van der Waals surface area contributed by atoms with Crippen molar-refractivity contribution in [3.63, 3.8) is 0 Å². The van der Waals surface area contributed by atoms with Gasteiger partial charge in [-0.1, -0.05) is 6.07 Å². The minimum Gasteiger partial charge on any atom is -0.343 e. The molecule has 0 bridgehead atoms. The summed E-state index contributed by atoms with van der Waals surface area (Å²) < 4.78 is 0. The van der Waals surface area contributed by atoms with Crippen LogP contribution in [-0.4, -0.2) is 41.3 Å². The number of hydrogen-bond donors (Lipinski definition) is 1. The molecule has 1 saturated heterocycles. The summed E-state index contributed by atoms with van der Waals surface area (Å²) in [7, 11) is 0. The van der Waals surface area contributed by atoms with Gasteiger partial charge in [-0.3, -0.25) is 19.7 Å². The van der Waals surface area contributed by atoms with Gasteiger partial charge in [0.1, 0.15) is 0 Å². The molecule has 1 aromatic rings. The number of benzene rings is 1. The zero-order chi connectivity index (χ0) is 13.8. The number of amides is 2. The lowest BCUT2D eigenvalue weighted by molar-refractivity contribution is -0.384. The predicted octanol–water partition coefficient (Wildman–Crippen LogP) is 0.557. The quantitative estimate of drug-likeness (QED) is 0.634. The van der Waals surface area contributed by atoms with Gasteiger partial charge in [-0.25, -0.2) is 0 Å². The monoisotopic (exact) mass is 263 g/mol. The van der Waals surface area contributed by atoms with Gasteiger partial charge in [0.2, 0.25) is 5.91 Å². The maximum atomic E-state index is 11.7. The van der Waals surface area contributed by atoms with Gasteiger partial charge in [-0.15, -0.1) is 0 Å². The second kappa shape index (κ2) is 5.47. The van der Waals surface area contributed by atoms with Crippen molar-refractivity contribution in [2.45, 2.75) is 6.42 Å². The second-order valence-corrected chi connectivity index (χ2v) is 4.22. The first-order chi connectivity index (χ1) is 9.08. The minimum atomic E-state index is -0.567. The van der Waals surface area contributed by atoms with Crippen LogP contribution in [-0.2, 0) is 4.79 Å². The van der Waals surface area contributed by atoms with Crippen LogP contribution < -0.4 is 5.32 Å². The highest BCUT2D eigenvalue weighted by atomic mass is 16.6. The van der Waals surface area contributed by atoms with Crippen molar-refractivity contribution in [1.82, 2.24) is 10.2 Å². The molecule has 0 aromatic heterocycles. The van der Waals surface area contributed by atoms with Gasteiger partial charge in [0, 0.05) is 30.8 Å². The Balaban J connectivity index is 1.93. The number of nitrogens with one attached hydrogen (secondary N) is 1. The Morgan fingerprint density at radius 1 is 1.37 bits per heavy atom. The zero-order valence-corrected chi connectivity index (χ0v) is 10.2. The summed E-state index contributed by atoms with van der Waals surface area (Å²) in [6.07, 6.45) is 0.991. The van der Waals surface area contributed by atoms with Crippen LogP contribution in [0.2, 0.25) is 0 Å². The van der Waals surface area contributed by atoms with Crippen molar-refractivity contribution in [3.8, 4) is 0 Å². The summed E-state index contributed by atoms with van der Waals surface area (Å²) in [5.74, 6) is -0.623. The molecule has 0 saturated carbocycles. The SMILES string of the molecule is O=C(NCC(=O)N1CCC1)c1cccc([N+](=O)[O-])c1. The molecular formula is C12H13N3O4. The highest BCUT2D eigenvalue weighted by Gasteiger charge is 2.20. The van der Waals surface area contributed by atoms with Crippen molar-refractivity contribution < 1.29 is 14.5 Å². The standard InChI is InChI=1S/C12H13N3O4/c16-11(14-5-2-6-14)8-13-12(17)9-3-1-4-10(7-9)15(18)19/h1,3-4,7H,2,5-6,8H2,(H,13,17). The first-order valence-corrected chi connectivity index (χ1v) is 5.88. The number of nitrogens with zero attached hydrogens (tertiary/aromatic N) is 2. The van der Waals surface area contributed by atoms with E-state index in [-0.39, 0.29) is 23.7 Å². The first kappa shape index (κ1) is 13.0. The lowest BCUT2D eigenvalue weighted by Gasteiger charge is -2.30. The molecule has 0 aliphatic carbocycles. The average molecular weight is 263 g/mol. The number of likely N-dealkylation sites (tertiary alicyclic amines) is 1. The molecule has 100 valence electrons. The van der Waals surface area contributed by atoms with E-state index in [0.29, 0.717) is 0 Å². The fourth-order valence-corrected chi connectivity index (χ4v) is 1.70. The summed E-state index contributed by atoms with van der Waals surface area (Å²) in [6.45, 7) is 1.37. The third-order valence-electron chi connectivity index (χ3n) is 2.93. The summed E-state index contributed by atoms with van der Waals surface area (Å²) in [4.78, 5) is 35.0. The molecule has 1 aliphatic heterocycles. The van der Waals surface area contributed by atoms with E-state index in [0.717, 1.165) is 19.5 Å². The third kappa shape index (κ3) is 3.06. The number of nitro groups is 1. The van der Waals surface area contributed by atoms with E-state index in [2.05, 4.69) is 5.32 Å². The topological polar surface area (TPSA) is 92.6 Å². The van der Waals surface area contributed by atoms with Crippen LogP contribution in [0.25, 0.3) is 0 Å². The normalized spacial score (nSPS) is 13.6. The van der Waals surface area contributed by atoms with Crippen LogP contribution in [0.15, 0.2) is 24.3 Å². The van der Waals surface area contributed by atoms with Gasteiger partial charge in [-0.2, -0.15) is 0 Å². The van der Waals surface area contributed by atoms with E-state index in [9.17, 15) is 19.7 Å². The number of carbonyl (C=O) groups excluding carboxylic acids is 2. The largest absolute Gasteiger partial charge is 0.343 e. The maximum Gasteiger partial charge on any atom is 0.270 e. The molecule has 0 unspecified atom stereocenters. The zero-order valence-electron chi connectivity index (χ0n) is 10.2. The van der Waals surface area contributed by atoms with Crippen LogP contribution in [0.5, 0.6) is 0 Å². The van der Waals surface area contributed by atoms with Crippen molar-refractivity contribution in [2.24, 2.45) is 0 Å². The van der Waals surface area contributed by atoms with Gasteiger partial charge in [0.15, 0.2) is 0 Å². The van der Waals surface area contributed by atoms with Gasteiger partial charge in [0.05, 0.1) is 11.5 Å². The molecule has 2 amide bonds. The van der Waals surface area contributed by atoms with E-state index in [1.54, 1.807) is 4.90 Å². The first-order valence-electron chi connectivity index (χ1n) is 5.88. The molecule has 7 nitrogen and oxygen atoms in total. The van der Waals surface area contributed by atoms with Crippen LogP contribution in [0.1, 0.15) is 16.8 Å². The Hall–Kier alpha value is -2.44. The van der Waals surface area contributed by atoms with Crippen molar-refractivity contribution >= 4 is 17.5 Å². The Morgan fingerprint density at radius 3 is 2.68 bits per heavy atom. The molecule has 19 heavy (non-hydrogen) atoms. The Morgan fingerprint density at radius 2 is 2.11 bits per heavy atom. The fraction of sp³-hybridized carbons (Fsp3) is 0.333. The van der Waals surface area contributed by atoms with Gasteiger partial charge >= 0.3 is 0 Å². The average Bonchev–Trinajstić information content (AvgIpc) is 2.34. The molecule has 1 N–H and O–H groups in total. The second-order valence-electron chi connectivity index (χ2n) is 4.22. The third-order valence-corrected chi connectivity index (χ3v) is 2.93. The van der Waals surface area contributed by atoms with Gasteiger partial charge in [0.25, 0.3) is 11.6 Å². The summed E-state index contributed by atoms with van der Waals surface area (Å²) in [5, 5.41) is 13.1. The molecule has 7 heteroatoms. The van der Waals surface area contributed by atoms with E-state index in [1.807, 2.05) is 0 Å². The maximum absolute atomic E-state index is 11.7. The number of hydrogen-bond acceptors (Lipinski definition) is 4. The van der Waals surface area contributed by atoms with Crippen LogP contribution in [0.3, 0.4) is 0 Å². The molecule has 1 heterocycles. The summed E-state index contributed by atoms with van der Waals surface area (Å²) in [5.41, 5.74) is 0.0207. The molecule has 0 atom stereocenters. The molecule has 1 fully saturated rings. The lowest BCUT2D eigenvalue weighted by atomic mass is 10.2. The van der Waals surface area contributed by atoms with Crippen LogP contribution in [0, 0.1) is 10.1 Å². The minimum absolute atomic E-state index is 0.0818. The van der Waals surface area contributed by atoms with Crippen molar-refractivity contribution in [3.05, 3.63) is 39.9 Å². The van der Waals surface area contributed by atoms with Gasteiger partial charge < -0.3 is 10.2 Å². The van der Waals surface area contributed by atoms with E-state index < -0.39 is 10.8 Å². The molecule has 1 aliphatic rings. The van der Waals surface area contributed by atoms with E-state index >= 15 is 0 Å². The van der Waals surface area contributed by atoms with Crippen molar-refractivity contribution in [1.29, 1.82) is 0 Å². The molecular weight excluding hydrogens is 250 g/mol. The Bertz CT molecular complexity index is 525. The van der Waals surface area contributed by atoms with E-state index in [1.165, 1.54) is 24.3 Å². The molecule has 1 aromatic carbocycles. The summed E-state index contributed by atoms with van der Waals surface area (Å²) in [6, 6.07) is 5.40. The lowest BCUT2D eigenvalue weighted by Crippen LogP contribution is -2.47. The van der Waals surface area contributed by atoms with E-state index in [4.69, 9.17) is 0 Å². The number of carbonyl (C=O) groups is 2. The summed E-state index contributed by atoms with van der Waals surface area (Å²) >= 11 is 0. The van der Waals surface area contributed by atoms with Crippen LogP contribution in [0.4, 0.5) is 5.69 Å². The Kier molecular flexibility index (Phi) is 3.74. The highest BCUT2D eigenvalue weighted by Crippen LogP contribution is 2.13. The molecule has 2 rings (SSSR count). The smallest absolute Gasteiger partial charge is 0.270 e. The fourth-order valence-electron chi connectivity index (χ4n) is 1.70. The highest BCUT2D eigenvalue weighted by molar-refractivity contribution is 5.97. The number of non-ortho nitro benzene ring substituents is 1. The Labute approximate surface area is 109 Å². The predicted molar refractivity (Wildman–Crippen MR) is 66.6 cm³/mol. The number of rotatable bonds is 4. The van der Waals surface area contributed by atoms with Crippen LogP contribution >= 0.6 is 0 Å².